The van der Waals surface area contributed by atoms with Crippen molar-refractivity contribution in [1.82, 2.24) is 0 Å². The number of halogens is 1. The molecule has 1 aliphatic carbocycles. The molecule has 0 unspecified atom stereocenters. The molecule has 0 nitrogen and oxygen atoms in total. The summed E-state index contributed by atoms with van der Waals surface area (Å²) in [6, 6.07) is 18.1. The Kier molecular flexibility index (Phi) is 4.94. The summed E-state index contributed by atoms with van der Waals surface area (Å²) < 4.78 is 15.1. The minimum absolute atomic E-state index is 0.151. The van der Waals surface area contributed by atoms with Gasteiger partial charge in [-0.15, -0.1) is 6.58 Å². The van der Waals surface area contributed by atoms with E-state index in [9.17, 15) is 0 Å². The van der Waals surface area contributed by atoms with Crippen LogP contribution in [0.4, 0.5) is 4.39 Å². The largest absolute Gasteiger partial charge is 0.206 e. The van der Waals surface area contributed by atoms with Crippen LogP contribution in [0.2, 0.25) is 0 Å². The average Bonchev–Trinajstić information content (AvgIpc) is 2.74. The van der Waals surface area contributed by atoms with E-state index in [1.165, 1.54) is 31.2 Å². The quantitative estimate of drug-likeness (QED) is 0.419. The minimum Gasteiger partial charge on any atom is -0.206 e. The Morgan fingerprint density at radius 1 is 0.852 bits per heavy atom. The van der Waals surface area contributed by atoms with Crippen molar-refractivity contribution in [2.45, 2.75) is 31.6 Å². The molecule has 3 aromatic carbocycles. The number of allylic oxidation sites excluding steroid dienone is 1. The zero-order chi connectivity index (χ0) is 18.8. The fourth-order valence-electron chi connectivity index (χ4n) is 4.28. The first kappa shape index (κ1) is 17.7. The van der Waals surface area contributed by atoms with E-state index in [1.807, 2.05) is 30.3 Å². The second-order valence-electron chi connectivity index (χ2n) is 7.58. The summed E-state index contributed by atoms with van der Waals surface area (Å²) >= 11 is 0. The molecule has 0 atom stereocenters. The zero-order valence-corrected chi connectivity index (χ0v) is 15.6. The molecule has 1 fully saturated rings. The Balaban J connectivity index is 1.61. The van der Waals surface area contributed by atoms with Crippen molar-refractivity contribution in [3.8, 4) is 11.1 Å². The minimum atomic E-state index is -0.151. The van der Waals surface area contributed by atoms with Gasteiger partial charge in [0, 0.05) is 10.9 Å². The van der Waals surface area contributed by atoms with Crippen molar-refractivity contribution >= 4 is 16.8 Å². The van der Waals surface area contributed by atoms with Crippen LogP contribution in [-0.2, 0) is 0 Å². The molecule has 0 N–H and O–H groups in total. The topological polar surface area (TPSA) is 0 Å². The second kappa shape index (κ2) is 7.52. The Morgan fingerprint density at radius 2 is 1.59 bits per heavy atom. The normalized spacial score (nSPS) is 19.7. The fourth-order valence-corrected chi connectivity index (χ4v) is 4.28. The van der Waals surface area contributed by atoms with Gasteiger partial charge in [0.1, 0.15) is 5.82 Å². The second-order valence-corrected chi connectivity index (χ2v) is 7.58. The number of hydrogen-bond donors (Lipinski definition) is 0. The first-order valence-corrected chi connectivity index (χ1v) is 9.77. The van der Waals surface area contributed by atoms with Gasteiger partial charge in [-0.05, 0) is 65.7 Å². The number of rotatable bonds is 4. The van der Waals surface area contributed by atoms with Crippen LogP contribution in [-0.4, -0.2) is 0 Å². The van der Waals surface area contributed by atoms with Crippen LogP contribution in [0.5, 0.6) is 0 Å². The molecule has 1 heteroatoms. The molecule has 1 aliphatic rings. The molecule has 0 saturated heterocycles. The lowest BCUT2D eigenvalue weighted by atomic mass is 9.78. The molecule has 4 rings (SSSR count). The summed E-state index contributed by atoms with van der Waals surface area (Å²) in [6.07, 6.45) is 8.76. The van der Waals surface area contributed by atoms with Crippen molar-refractivity contribution in [2.24, 2.45) is 5.92 Å². The van der Waals surface area contributed by atoms with Crippen LogP contribution in [0.15, 0.2) is 73.8 Å². The maximum Gasteiger partial charge on any atom is 0.138 e. The van der Waals surface area contributed by atoms with E-state index in [1.54, 1.807) is 6.08 Å². The van der Waals surface area contributed by atoms with E-state index in [0.29, 0.717) is 22.8 Å². The van der Waals surface area contributed by atoms with Crippen LogP contribution < -0.4 is 0 Å². The maximum absolute atomic E-state index is 15.1. The maximum atomic E-state index is 15.1. The van der Waals surface area contributed by atoms with Crippen LogP contribution in [0.25, 0.3) is 28.0 Å². The van der Waals surface area contributed by atoms with E-state index in [-0.39, 0.29) is 5.82 Å². The molecule has 0 heterocycles. The molecule has 0 radical (unpaired) electrons. The van der Waals surface area contributed by atoms with E-state index < -0.39 is 0 Å². The third-order valence-corrected chi connectivity index (χ3v) is 6.01. The van der Waals surface area contributed by atoms with Crippen molar-refractivity contribution in [1.29, 1.82) is 0 Å². The van der Waals surface area contributed by atoms with Gasteiger partial charge in [-0.2, -0.15) is 0 Å². The Labute approximate surface area is 161 Å². The van der Waals surface area contributed by atoms with Crippen LogP contribution in [0.1, 0.15) is 42.7 Å². The highest BCUT2D eigenvalue weighted by Gasteiger charge is 2.20. The smallest absolute Gasteiger partial charge is 0.138 e. The lowest BCUT2D eigenvalue weighted by molar-refractivity contribution is 0.376. The van der Waals surface area contributed by atoms with Gasteiger partial charge in [-0.3, -0.25) is 0 Å². The van der Waals surface area contributed by atoms with E-state index in [2.05, 4.69) is 43.5 Å². The molecule has 1 saturated carbocycles. The zero-order valence-electron chi connectivity index (χ0n) is 15.6. The monoisotopic (exact) mass is 356 g/mol. The third-order valence-electron chi connectivity index (χ3n) is 6.01. The van der Waals surface area contributed by atoms with Crippen molar-refractivity contribution in [2.75, 3.05) is 0 Å². The van der Waals surface area contributed by atoms with Gasteiger partial charge >= 0.3 is 0 Å². The van der Waals surface area contributed by atoms with Crippen molar-refractivity contribution in [3.05, 3.63) is 90.8 Å². The van der Waals surface area contributed by atoms with Gasteiger partial charge in [0.25, 0.3) is 0 Å². The van der Waals surface area contributed by atoms with Crippen molar-refractivity contribution in [3.63, 3.8) is 0 Å². The molecule has 0 spiro atoms. The Hall–Kier alpha value is -2.67. The first-order chi connectivity index (χ1) is 13.2. The van der Waals surface area contributed by atoms with Gasteiger partial charge in [0.05, 0.1) is 0 Å². The van der Waals surface area contributed by atoms with Gasteiger partial charge in [0.15, 0.2) is 0 Å². The number of benzene rings is 3. The van der Waals surface area contributed by atoms with E-state index in [4.69, 9.17) is 0 Å². The summed E-state index contributed by atoms with van der Waals surface area (Å²) in [5.41, 5.74) is 3.98. The molecule has 3 aromatic rings. The highest BCUT2D eigenvalue weighted by Crippen LogP contribution is 2.37. The molecule has 136 valence electrons. The lowest BCUT2D eigenvalue weighted by Gasteiger charge is -2.27. The third kappa shape index (κ3) is 3.47. The van der Waals surface area contributed by atoms with Gasteiger partial charge in [-0.1, -0.05) is 67.3 Å². The van der Waals surface area contributed by atoms with Crippen LogP contribution >= 0.6 is 0 Å². The predicted molar refractivity (Wildman–Crippen MR) is 114 cm³/mol. The lowest BCUT2D eigenvalue weighted by Crippen LogP contribution is -2.11. The summed E-state index contributed by atoms with van der Waals surface area (Å²) in [5, 5.41) is 1.56. The molecule has 0 amide bonds. The fraction of sp³-hybridized carbons (Fsp3) is 0.231. The van der Waals surface area contributed by atoms with E-state index >= 15 is 4.39 Å². The summed E-state index contributed by atoms with van der Waals surface area (Å²) in [4.78, 5) is 0. The SMILES string of the molecule is C=Cc1ccc2c(F)c(-c3ccc(C4CCC(C=C)CC4)cc3)ccc2c1. The Morgan fingerprint density at radius 3 is 2.26 bits per heavy atom. The van der Waals surface area contributed by atoms with Crippen molar-refractivity contribution < 1.29 is 4.39 Å². The summed E-state index contributed by atoms with van der Waals surface area (Å²) in [6.45, 7) is 7.71. The van der Waals surface area contributed by atoms with Crippen LogP contribution in [0, 0.1) is 11.7 Å². The van der Waals surface area contributed by atoms with Crippen LogP contribution in [0.3, 0.4) is 0 Å². The molecular formula is C26H25F. The van der Waals surface area contributed by atoms with Gasteiger partial charge in [-0.25, -0.2) is 4.39 Å². The number of fused-ring (bicyclic) bond motifs is 1. The van der Waals surface area contributed by atoms with Gasteiger partial charge in [0.2, 0.25) is 0 Å². The first-order valence-electron chi connectivity index (χ1n) is 9.77. The molecule has 0 bridgehead atoms. The molecule has 0 aliphatic heterocycles. The Bertz CT molecular complexity index is 973. The standard InChI is InChI=1S/C26H25F/c1-3-18-5-8-20(9-6-18)21-10-12-22(13-11-21)24-16-14-23-17-19(4-2)7-15-25(23)26(24)27/h3-4,7,10-18,20H,1-2,5-6,8-9H2. The highest BCUT2D eigenvalue weighted by molar-refractivity contribution is 5.89. The number of hydrogen-bond acceptors (Lipinski definition) is 0. The predicted octanol–water partition coefficient (Wildman–Crippen LogP) is 7.75. The summed E-state index contributed by atoms with van der Waals surface area (Å²) in [5.74, 6) is 1.14. The average molecular weight is 356 g/mol. The molecule has 27 heavy (non-hydrogen) atoms. The highest BCUT2D eigenvalue weighted by atomic mass is 19.1. The molecule has 0 aromatic heterocycles. The van der Waals surface area contributed by atoms with E-state index in [0.717, 1.165) is 16.5 Å². The van der Waals surface area contributed by atoms with Gasteiger partial charge < -0.3 is 0 Å². The summed E-state index contributed by atoms with van der Waals surface area (Å²) in [7, 11) is 0. The molecular weight excluding hydrogens is 331 g/mol.